The van der Waals surface area contributed by atoms with Gasteiger partial charge in [0.2, 0.25) is 0 Å². The number of aromatic nitrogens is 2. The second kappa shape index (κ2) is 7.78. The van der Waals surface area contributed by atoms with Crippen molar-refractivity contribution in [3.63, 3.8) is 0 Å². The van der Waals surface area contributed by atoms with Crippen LogP contribution < -0.4 is 14.8 Å². The predicted octanol–water partition coefficient (Wildman–Crippen LogP) is 5.23. The van der Waals surface area contributed by atoms with Gasteiger partial charge in [-0.05, 0) is 80.1 Å². The van der Waals surface area contributed by atoms with Crippen molar-refractivity contribution in [2.24, 2.45) is 0 Å². The van der Waals surface area contributed by atoms with Gasteiger partial charge in [-0.1, -0.05) is 0 Å². The molecule has 2 aliphatic rings. The quantitative estimate of drug-likeness (QED) is 0.465. The molecule has 2 N–H and O–H groups in total. The van der Waals surface area contributed by atoms with Crippen LogP contribution in [0.15, 0.2) is 48.7 Å². The third kappa shape index (κ3) is 3.48. The number of aromatic amines is 1. The summed E-state index contributed by atoms with van der Waals surface area (Å²) in [5, 5.41) is 5.68. The van der Waals surface area contributed by atoms with Gasteiger partial charge in [-0.15, -0.1) is 0 Å². The molecule has 2 aromatic heterocycles. The van der Waals surface area contributed by atoms with Crippen molar-refractivity contribution in [2.45, 2.75) is 44.2 Å². The second-order valence-corrected chi connectivity index (χ2v) is 9.01. The van der Waals surface area contributed by atoms with Gasteiger partial charge >= 0.3 is 0 Å². The molecule has 4 aromatic rings. The highest BCUT2D eigenvalue weighted by atomic mass is 19.1. The average molecular weight is 432 g/mol. The van der Waals surface area contributed by atoms with E-state index in [0.717, 1.165) is 64.8 Å². The maximum Gasteiger partial charge on any atom is 0.171 e. The first-order valence-electron chi connectivity index (χ1n) is 11.3. The Hall–Kier alpha value is -3.12. The molecule has 0 spiro atoms. The number of aryl methyl sites for hydroxylation is 1. The zero-order chi connectivity index (χ0) is 21.7. The highest BCUT2D eigenvalue weighted by Crippen LogP contribution is 2.40. The molecule has 3 atom stereocenters. The summed E-state index contributed by atoms with van der Waals surface area (Å²) in [5.41, 5.74) is 4.14. The van der Waals surface area contributed by atoms with Crippen LogP contribution in [-0.2, 0) is 0 Å². The van der Waals surface area contributed by atoms with Crippen molar-refractivity contribution in [3.8, 4) is 11.5 Å². The van der Waals surface area contributed by atoms with E-state index in [0.29, 0.717) is 18.6 Å². The van der Waals surface area contributed by atoms with Gasteiger partial charge in [0.05, 0.1) is 5.52 Å². The smallest absolute Gasteiger partial charge is 0.171 e. The van der Waals surface area contributed by atoms with E-state index in [1.807, 2.05) is 37.4 Å². The zero-order valence-corrected chi connectivity index (χ0v) is 18.0. The number of ether oxygens (including phenoxy) is 2. The fourth-order valence-corrected chi connectivity index (χ4v) is 5.18. The number of fused-ring (bicyclic) bond motifs is 4. The van der Waals surface area contributed by atoms with Crippen LogP contribution in [0.3, 0.4) is 0 Å². The van der Waals surface area contributed by atoms with Crippen molar-refractivity contribution in [2.75, 3.05) is 13.2 Å². The average Bonchev–Trinajstić information content (AvgIpc) is 3.43. The van der Waals surface area contributed by atoms with Crippen LogP contribution in [-0.4, -0.2) is 35.3 Å². The first kappa shape index (κ1) is 19.6. The Labute approximate surface area is 185 Å². The van der Waals surface area contributed by atoms with Gasteiger partial charge in [0, 0.05) is 40.8 Å². The summed E-state index contributed by atoms with van der Waals surface area (Å²) in [6.07, 6.45) is 5.24. The molecule has 3 heterocycles. The Balaban J connectivity index is 1.12. The van der Waals surface area contributed by atoms with Crippen molar-refractivity contribution in [3.05, 3.63) is 65.7 Å². The number of rotatable bonds is 4. The van der Waals surface area contributed by atoms with Crippen LogP contribution in [0.25, 0.3) is 21.8 Å². The van der Waals surface area contributed by atoms with Crippen molar-refractivity contribution in [1.29, 1.82) is 0 Å². The molecule has 2 unspecified atom stereocenters. The van der Waals surface area contributed by atoms with Crippen LogP contribution >= 0.6 is 0 Å². The summed E-state index contributed by atoms with van der Waals surface area (Å²) in [4.78, 5) is 7.89. The van der Waals surface area contributed by atoms with E-state index in [1.54, 1.807) is 6.07 Å². The number of pyridine rings is 1. The fourth-order valence-electron chi connectivity index (χ4n) is 5.18. The van der Waals surface area contributed by atoms with Crippen LogP contribution in [0, 0.1) is 12.7 Å². The number of nitrogens with zero attached hydrogens (tertiary/aromatic N) is 1. The highest BCUT2D eigenvalue weighted by Gasteiger charge is 2.29. The van der Waals surface area contributed by atoms with E-state index in [-0.39, 0.29) is 11.9 Å². The molecular formula is C26H26FN3O2. The van der Waals surface area contributed by atoms with Crippen LogP contribution in [0.5, 0.6) is 11.5 Å². The minimum atomic E-state index is -0.182. The molecule has 32 heavy (non-hydrogen) atoms. The molecule has 0 bridgehead atoms. The van der Waals surface area contributed by atoms with Gasteiger partial charge < -0.3 is 19.8 Å². The van der Waals surface area contributed by atoms with Gasteiger partial charge in [0.25, 0.3) is 0 Å². The van der Waals surface area contributed by atoms with Crippen molar-refractivity contribution >= 4 is 21.8 Å². The summed E-state index contributed by atoms with van der Waals surface area (Å²) in [6, 6.07) is 13.4. The molecule has 0 saturated heterocycles. The molecule has 6 rings (SSSR count). The molecule has 0 radical (unpaired) electrons. The maximum absolute atomic E-state index is 13.8. The van der Waals surface area contributed by atoms with Crippen molar-refractivity contribution in [1.82, 2.24) is 15.3 Å². The topological polar surface area (TPSA) is 59.2 Å². The Bertz CT molecular complexity index is 1300. The Kier molecular flexibility index (Phi) is 4.76. The Morgan fingerprint density at radius 1 is 1.12 bits per heavy atom. The molecule has 5 nitrogen and oxygen atoms in total. The van der Waals surface area contributed by atoms with E-state index in [9.17, 15) is 4.39 Å². The van der Waals surface area contributed by atoms with Crippen LogP contribution in [0.1, 0.15) is 36.4 Å². The third-order valence-electron chi connectivity index (χ3n) is 6.82. The number of halogens is 1. The molecule has 2 aromatic carbocycles. The van der Waals surface area contributed by atoms with Gasteiger partial charge in [-0.2, -0.15) is 0 Å². The number of hydrogen-bond acceptors (Lipinski definition) is 4. The van der Waals surface area contributed by atoms with Crippen LogP contribution in [0.2, 0.25) is 0 Å². The molecule has 1 fully saturated rings. The number of benzene rings is 2. The predicted molar refractivity (Wildman–Crippen MR) is 123 cm³/mol. The number of nitrogens with one attached hydrogen (secondary N) is 2. The maximum atomic E-state index is 13.8. The Morgan fingerprint density at radius 2 is 2.06 bits per heavy atom. The summed E-state index contributed by atoms with van der Waals surface area (Å²) in [7, 11) is 0. The molecule has 0 amide bonds. The first-order valence-corrected chi connectivity index (χ1v) is 11.3. The monoisotopic (exact) mass is 431 g/mol. The summed E-state index contributed by atoms with van der Waals surface area (Å²) in [6.45, 7) is 3.25. The van der Waals surface area contributed by atoms with Gasteiger partial charge in [-0.3, -0.25) is 4.98 Å². The minimum Gasteiger partial charge on any atom is -0.486 e. The van der Waals surface area contributed by atoms with E-state index in [2.05, 4.69) is 21.4 Å². The van der Waals surface area contributed by atoms with E-state index >= 15 is 0 Å². The fraction of sp³-hybridized carbons (Fsp3) is 0.346. The normalized spacial score (nSPS) is 22.6. The molecule has 1 saturated carbocycles. The molecule has 1 aliphatic carbocycles. The lowest BCUT2D eigenvalue weighted by atomic mass is 9.97. The lowest BCUT2D eigenvalue weighted by Crippen LogP contribution is -2.41. The lowest BCUT2D eigenvalue weighted by Gasteiger charge is -2.28. The first-order chi connectivity index (χ1) is 15.6. The molecule has 1 aliphatic heterocycles. The van der Waals surface area contributed by atoms with E-state index < -0.39 is 0 Å². The SMILES string of the molecule is Cc1ccc2c3c(ccc2n1)OC[C@H](CNC1CCC(c2c[nH]c4ccc(F)cc24)C1)O3. The zero-order valence-electron chi connectivity index (χ0n) is 18.0. The van der Waals surface area contributed by atoms with Gasteiger partial charge in [0.1, 0.15) is 18.5 Å². The van der Waals surface area contributed by atoms with Crippen LogP contribution in [0.4, 0.5) is 4.39 Å². The largest absolute Gasteiger partial charge is 0.486 e. The highest BCUT2D eigenvalue weighted by molar-refractivity contribution is 5.88. The van der Waals surface area contributed by atoms with Crippen molar-refractivity contribution < 1.29 is 13.9 Å². The minimum absolute atomic E-state index is 0.0457. The summed E-state index contributed by atoms with van der Waals surface area (Å²) < 4.78 is 26.1. The number of H-pyrrole nitrogens is 1. The second-order valence-electron chi connectivity index (χ2n) is 9.01. The molecule has 6 heteroatoms. The van der Waals surface area contributed by atoms with Gasteiger partial charge in [-0.25, -0.2) is 4.39 Å². The Morgan fingerprint density at radius 3 is 3.00 bits per heavy atom. The van der Waals surface area contributed by atoms with E-state index in [1.165, 1.54) is 11.6 Å². The third-order valence-corrected chi connectivity index (χ3v) is 6.82. The number of hydrogen-bond donors (Lipinski definition) is 2. The standard InChI is InChI=1S/C26H26FN3O2/c1-15-2-6-20-24(30-15)8-9-25-26(20)32-19(14-31-25)12-28-18-5-3-16(10-18)22-13-29-23-7-4-17(27)11-21(22)23/h2,4,6-9,11,13,16,18-19,28-29H,3,5,10,12,14H2,1H3/t16?,18?,19-/m0/s1. The molecular weight excluding hydrogens is 405 g/mol. The van der Waals surface area contributed by atoms with Gasteiger partial charge in [0.15, 0.2) is 11.5 Å². The molecule has 164 valence electrons. The summed E-state index contributed by atoms with van der Waals surface area (Å²) >= 11 is 0. The summed E-state index contributed by atoms with van der Waals surface area (Å²) in [5.74, 6) is 1.83. The van der Waals surface area contributed by atoms with E-state index in [4.69, 9.17) is 9.47 Å². The lowest BCUT2D eigenvalue weighted by molar-refractivity contribution is 0.0902.